The molecule has 17 heavy (non-hydrogen) atoms. The molecule has 0 amide bonds. The number of nitrogens with one attached hydrogen (secondary N) is 1. The summed E-state index contributed by atoms with van der Waals surface area (Å²) in [6.45, 7) is 4.52. The van der Waals surface area contributed by atoms with Crippen molar-refractivity contribution < 1.29 is 9.53 Å². The lowest BCUT2D eigenvalue weighted by molar-refractivity contribution is 0.0520. The molecule has 3 heteroatoms. The van der Waals surface area contributed by atoms with E-state index in [2.05, 4.69) is 11.9 Å². The molecule has 1 heterocycles. The molecule has 3 nitrogen and oxygen atoms in total. The summed E-state index contributed by atoms with van der Waals surface area (Å²) in [5, 5.41) is 0. The lowest BCUT2D eigenvalue weighted by Gasteiger charge is -2.00. The maximum Gasteiger partial charge on any atom is 0.354 e. The Bertz CT molecular complexity index is 449. The summed E-state index contributed by atoms with van der Waals surface area (Å²) in [4.78, 5) is 14.9. The standard InChI is InChI=1S/C14H19NO2/c1-3-5-8-9-6-11-10(13(8)9)7-12(15-11)14(16)17-4-2/h7-9,13,15H,3-6H2,1-2H3/t8-,9-,13+/m1/s1. The van der Waals surface area contributed by atoms with Crippen LogP contribution >= 0.6 is 0 Å². The van der Waals surface area contributed by atoms with E-state index in [0.717, 1.165) is 24.2 Å². The summed E-state index contributed by atoms with van der Waals surface area (Å²) in [5.74, 6) is 2.24. The minimum Gasteiger partial charge on any atom is -0.461 e. The molecular weight excluding hydrogens is 214 g/mol. The minimum atomic E-state index is -0.217. The van der Waals surface area contributed by atoms with Crippen LogP contribution in [0.5, 0.6) is 0 Å². The third-order valence-corrected chi connectivity index (χ3v) is 4.18. The zero-order chi connectivity index (χ0) is 12.0. The molecule has 1 fully saturated rings. The lowest BCUT2D eigenvalue weighted by Crippen LogP contribution is -2.05. The van der Waals surface area contributed by atoms with Crippen molar-refractivity contribution >= 4 is 5.97 Å². The highest BCUT2D eigenvalue weighted by atomic mass is 16.5. The Hall–Kier alpha value is -1.25. The fraction of sp³-hybridized carbons (Fsp3) is 0.643. The molecule has 0 spiro atoms. The summed E-state index contributed by atoms with van der Waals surface area (Å²) in [6.07, 6.45) is 3.72. The Kier molecular flexibility index (Phi) is 2.49. The maximum atomic E-state index is 11.6. The van der Waals surface area contributed by atoms with Gasteiger partial charge in [0.2, 0.25) is 0 Å². The zero-order valence-corrected chi connectivity index (χ0v) is 10.5. The first-order chi connectivity index (χ1) is 8.26. The topological polar surface area (TPSA) is 42.1 Å². The molecule has 1 saturated carbocycles. The van der Waals surface area contributed by atoms with Crippen molar-refractivity contribution in [2.45, 2.75) is 39.0 Å². The second-order valence-corrected chi connectivity index (χ2v) is 5.18. The molecule has 2 aliphatic carbocycles. The van der Waals surface area contributed by atoms with Gasteiger partial charge in [0.15, 0.2) is 0 Å². The predicted molar refractivity (Wildman–Crippen MR) is 65.1 cm³/mol. The number of aromatic amines is 1. The molecule has 0 bridgehead atoms. The average Bonchev–Trinajstić information content (AvgIpc) is 2.69. The Morgan fingerprint density at radius 2 is 2.35 bits per heavy atom. The van der Waals surface area contributed by atoms with Gasteiger partial charge >= 0.3 is 5.97 Å². The lowest BCUT2D eigenvalue weighted by atomic mass is 10.1. The first-order valence-electron chi connectivity index (χ1n) is 6.65. The van der Waals surface area contributed by atoms with Crippen molar-refractivity contribution in [2.24, 2.45) is 11.8 Å². The Balaban J connectivity index is 1.76. The van der Waals surface area contributed by atoms with Crippen LogP contribution in [0.15, 0.2) is 6.07 Å². The van der Waals surface area contributed by atoms with E-state index in [9.17, 15) is 4.79 Å². The summed E-state index contributed by atoms with van der Waals surface area (Å²) in [5.41, 5.74) is 3.30. The molecule has 0 radical (unpaired) electrons. The van der Waals surface area contributed by atoms with Crippen LogP contribution in [-0.2, 0) is 11.2 Å². The highest BCUT2D eigenvalue weighted by Crippen LogP contribution is 2.63. The number of rotatable bonds is 4. The van der Waals surface area contributed by atoms with E-state index in [1.165, 1.54) is 24.1 Å². The van der Waals surface area contributed by atoms with Gasteiger partial charge < -0.3 is 9.72 Å². The molecule has 1 aromatic heterocycles. The number of hydrogen-bond donors (Lipinski definition) is 1. The third kappa shape index (κ3) is 1.60. The number of hydrogen-bond acceptors (Lipinski definition) is 2. The number of fused-ring (bicyclic) bond motifs is 3. The van der Waals surface area contributed by atoms with Gasteiger partial charge in [-0.3, -0.25) is 0 Å². The smallest absolute Gasteiger partial charge is 0.354 e. The fourth-order valence-corrected chi connectivity index (χ4v) is 3.45. The van der Waals surface area contributed by atoms with Crippen LogP contribution < -0.4 is 0 Å². The van der Waals surface area contributed by atoms with Crippen molar-refractivity contribution in [3.63, 3.8) is 0 Å². The van der Waals surface area contributed by atoms with E-state index in [-0.39, 0.29) is 5.97 Å². The molecule has 0 aliphatic heterocycles. The molecule has 0 aromatic carbocycles. The molecule has 3 rings (SSSR count). The van der Waals surface area contributed by atoms with Crippen molar-refractivity contribution in [2.75, 3.05) is 6.61 Å². The summed E-state index contributed by atoms with van der Waals surface area (Å²) in [7, 11) is 0. The fourth-order valence-electron chi connectivity index (χ4n) is 3.45. The SMILES string of the molecule is CCC[C@@H]1[C@H]2Cc3[nH]c(C(=O)OCC)cc3[C@@H]12. The van der Waals surface area contributed by atoms with Gasteiger partial charge in [0.25, 0.3) is 0 Å². The third-order valence-electron chi connectivity index (χ3n) is 4.18. The summed E-state index contributed by atoms with van der Waals surface area (Å²) in [6, 6.07) is 2.02. The number of carbonyl (C=O) groups excluding carboxylic acids is 1. The number of ether oxygens (including phenoxy) is 1. The van der Waals surface area contributed by atoms with Crippen LogP contribution in [0.2, 0.25) is 0 Å². The van der Waals surface area contributed by atoms with Crippen LogP contribution in [0.25, 0.3) is 0 Å². The van der Waals surface area contributed by atoms with E-state index in [4.69, 9.17) is 4.74 Å². The Morgan fingerprint density at radius 1 is 1.53 bits per heavy atom. The summed E-state index contributed by atoms with van der Waals surface area (Å²) < 4.78 is 5.02. The van der Waals surface area contributed by atoms with E-state index < -0.39 is 0 Å². The quantitative estimate of drug-likeness (QED) is 0.812. The molecule has 0 saturated heterocycles. The minimum absolute atomic E-state index is 0.217. The second-order valence-electron chi connectivity index (χ2n) is 5.18. The van der Waals surface area contributed by atoms with Crippen molar-refractivity contribution in [1.29, 1.82) is 0 Å². The first-order valence-corrected chi connectivity index (χ1v) is 6.65. The average molecular weight is 233 g/mol. The number of H-pyrrole nitrogens is 1. The van der Waals surface area contributed by atoms with Gasteiger partial charge in [-0.25, -0.2) is 4.79 Å². The largest absolute Gasteiger partial charge is 0.461 e. The monoisotopic (exact) mass is 233 g/mol. The van der Waals surface area contributed by atoms with Gasteiger partial charge in [0, 0.05) is 5.69 Å². The molecule has 92 valence electrons. The van der Waals surface area contributed by atoms with E-state index in [1.807, 2.05) is 13.0 Å². The molecule has 3 atom stereocenters. The van der Waals surface area contributed by atoms with E-state index in [0.29, 0.717) is 12.3 Å². The number of esters is 1. The molecule has 0 unspecified atom stereocenters. The van der Waals surface area contributed by atoms with Gasteiger partial charge in [-0.2, -0.15) is 0 Å². The Morgan fingerprint density at radius 3 is 3.06 bits per heavy atom. The first kappa shape index (κ1) is 10.9. The highest BCUT2D eigenvalue weighted by Gasteiger charge is 2.55. The van der Waals surface area contributed by atoms with Gasteiger partial charge in [0.05, 0.1) is 6.61 Å². The normalized spacial score (nSPS) is 28.7. The van der Waals surface area contributed by atoms with Gasteiger partial charge in [-0.15, -0.1) is 0 Å². The van der Waals surface area contributed by atoms with Crippen molar-refractivity contribution in [1.82, 2.24) is 4.98 Å². The highest BCUT2D eigenvalue weighted by molar-refractivity contribution is 5.88. The van der Waals surface area contributed by atoms with E-state index in [1.54, 1.807) is 0 Å². The van der Waals surface area contributed by atoms with Crippen molar-refractivity contribution in [3.8, 4) is 0 Å². The van der Waals surface area contributed by atoms with Crippen LogP contribution in [0, 0.1) is 11.8 Å². The number of carbonyl (C=O) groups is 1. The van der Waals surface area contributed by atoms with Crippen LogP contribution in [0.1, 0.15) is 54.4 Å². The van der Waals surface area contributed by atoms with Gasteiger partial charge in [-0.05, 0) is 49.1 Å². The predicted octanol–water partition coefficient (Wildman–Crippen LogP) is 2.88. The second kappa shape index (κ2) is 3.90. The summed E-state index contributed by atoms with van der Waals surface area (Å²) >= 11 is 0. The van der Waals surface area contributed by atoms with Gasteiger partial charge in [-0.1, -0.05) is 13.3 Å². The van der Waals surface area contributed by atoms with Crippen LogP contribution in [0.4, 0.5) is 0 Å². The molecular formula is C14H19NO2. The maximum absolute atomic E-state index is 11.6. The molecule has 1 aromatic rings. The molecule has 1 N–H and O–H groups in total. The van der Waals surface area contributed by atoms with E-state index >= 15 is 0 Å². The molecule has 2 aliphatic rings. The van der Waals surface area contributed by atoms with Gasteiger partial charge in [0.1, 0.15) is 5.69 Å². The van der Waals surface area contributed by atoms with Crippen LogP contribution in [-0.4, -0.2) is 17.6 Å². The number of aromatic nitrogens is 1. The van der Waals surface area contributed by atoms with Crippen molar-refractivity contribution in [3.05, 3.63) is 23.0 Å². The zero-order valence-electron chi connectivity index (χ0n) is 10.5. The van der Waals surface area contributed by atoms with Crippen LogP contribution in [0.3, 0.4) is 0 Å². The Labute approximate surface area is 102 Å².